The summed E-state index contributed by atoms with van der Waals surface area (Å²) in [5.41, 5.74) is 3.35. The number of methoxy groups -OCH3 is 2. The number of anilines is 1. The highest BCUT2D eigenvalue weighted by atomic mass is 16.5. The first-order chi connectivity index (χ1) is 13.0. The van der Waals surface area contributed by atoms with Crippen molar-refractivity contribution >= 4 is 17.5 Å². The average molecular weight is 370 g/mol. The lowest BCUT2D eigenvalue weighted by Crippen LogP contribution is -2.33. The van der Waals surface area contributed by atoms with Crippen LogP contribution in [-0.4, -0.2) is 32.6 Å². The molecule has 2 rings (SSSR count). The van der Waals surface area contributed by atoms with Crippen molar-refractivity contribution in [3.05, 3.63) is 53.1 Å². The Bertz CT molecular complexity index is 773. The van der Waals surface area contributed by atoms with Gasteiger partial charge in [0.15, 0.2) is 0 Å². The lowest BCUT2D eigenvalue weighted by Gasteiger charge is -2.15. The van der Waals surface area contributed by atoms with Gasteiger partial charge in [-0.2, -0.15) is 0 Å². The van der Waals surface area contributed by atoms with E-state index in [1.807, 2.05) is 32.0 Å². The minimum atomic E-state index is -0.373. The summed E-state index contributed by atoms with van der Waals surface area (Å²) in [4.78, 5) is 24.7. The maximum atomic E-state index is 12.4. The lowest BCUT2D eigenvalue weighted by molar-refractivity contribution is -0.115. The summed E-state index contributed by atoms with van der Waals surface area (Å²) < 4.78 is 10.3. The van der Waals surface area contributed by atoms with E-state index in [-0.39, 0.29) is 18.4 Å². The molecule has 27 heavy (non-hydrogen) atoms. The zero-order valence-electron chi connectivity index (χ0n) is 16.2. The molecule has 0 aromatic heterocycles. The molecule has 6 nitrogen and oxygen atoms in total. The number of rotatable bonds is 8. The van der Waals surface area contributed by atoms with Crippen molar-refractivity contribution in [3.63, 3.8) is 0 Å². The predicted molar refractivity (Wildman–Crippen MR) is 106 cm³/mol. The van der Waals surface area contributed by atoms with Crippen LogP contribution in [0, 0.1) is 0 Å². The van der Waals surface area contributed by atoms with Crippen LogP contribution in [0.3, 0.4) is 0 Å². The number of aryl methyl sites for hydroxylation is 2. The van der Waals surface area contributed by atoms with Crippen LogP contribution in [-0.2, 0) is 17.6 Å². The summed E-state index contributed by atoms with van der Waals surface area (Å²) in [5.74, 6) is 0.373. The number of carbonyl (C=O) groups excluding carboxylic acids is 2. The summed E-state index contributed by atoms with van der Waals surface area (Å²) in [7, 11) is 3.03. The molecule has 0 aliphatic carbocycles. The molecule has 0 saturated carbocycles. The van der Waals surface area contributed by atoms with E-state index in [1.54, 1.807) is 18.2 Å². The third kappa shape index (κ3) is 5.23. The van der Waals surface area contributed by atoms with E-state index in [0.717, 1.165) is 29.7 Å². The van der Waals surface area contributed by atoms with Crippen molar-refractivity contribution < 1.29 is 19.1 Å². The van der Waals surface area contributed by atoms with Crippen LogP contribution in [0.5, 0.6) is 11.5 Å². The van der Waals surface area contributed by atoms with Gasteiger partial charge in [-0.05, 0) is 36.1 Å². The van der Waals surface area contributed by atoms with Crippen molar-refractivity contribution in [3.8, 4) is 11.5 Å². The van der Waals surface area contributed by atoms with E-state index >= 15 is 0 Å². The van der Waals surface area contributed by atoms with Gasteiger partial charge in [0.1, 0.15) is 11.5 Å². The van der Waals surface area contributed by atoms with E-state index in [2.05, 4.69) is 10.6 Å². The summed E-state index contributed by atoms with van der Waals surface area (Å²) in [6.45, 7) is 3.96. The summed E-state index contributed by atoms with van der Waals surface area (Å²) in [6, 6.07) is 10.9. The van der Waals surface area contributed by atoms with E-state index in [0.29, 0.717) is 17.1 Å². The molecule has 0 fully saturated rings. The SMILES string of the molecule is CCc1cccc(CC)c1NC(=O)CNC(=O)c1cc(OC)cc(OC)c1. The zero-order valence-corrected chi connectivity index (χ0v) is 16.2. The topological polar surface area (TPSA) is 76.7 Å². The Kier molecular flexibility index (Phi) is 7.23. The number of hydrogen-bond donors (Lipinski definition) is 2. The van der Waals surface area contributed by atoms with Crippen molar-refractivity contribution in [2.75, 3.05) is 26.1 Å². The minimum absolute atomic E-state index is 0.125. The Morgan fingerprint density at radius 2 is 1.48 bits per heavy atom. The van der Waals surface area contributed by atoms with Crippen LogP contribution in [0.4, 0.5) is 5.69 Å². The Morgan fingerprint density at radius 3 is 1.96 bits per heavy atom. The summed E-state index contributed by atoms with van der Waals surface area (Å²) in [5, 5.41) is 5.56. The second-order valence-electron chi connectivity index (χ2n) is 5.99. The first-order valence-electron chi connectivity index (χ1n) is 8.94. The van der Waals surface area contributed by atoms with Crippen molar-refractivity contribution in [2.45, 2.75) is 26.7 Å². The molecule has 0 spiro atoms. The molecule has 144 valence electrons. The first kappa shape index (κ1) is 20.3. The molecule has 0 saturated heterocycles. The van der Waals surface area contributed by atoms with E-state index in [4.69, 9.17) is 9.47 Å². The standard InChI is InChI=1S/C21H26N2O4/c1-5-14-8-7-9-15(6-2)20(14)23-19(24)13-22-21(25)16-10-17(26-3)12-18(11-16)27-4/h7-12H,5-6,13H2,1-4H3,(H,22,25)(H,23,24). The molecular formula is C21H26N2O4. The molecule has 2 aromatic carbocycles. The van der Waals surface area contributed by atoms with E-state index in [1.165, 1.54) is 14.2 Å². The van der Waals surface area contributed by atoms with Gasteiger partial charge in [-0.1, -0.05) is 32.0 Å². The molecule has 6 heteroatoms. The third-order valence-electron chi connectivity index (χ3n) is 4.29. The fourth-order valence-electron chi connectivity index (χ4n) is 2.79. The van der Waals surface area contributed by atoms with Gasteiger partial charge in [0.2, 0.25) is 5.91 Å². The Labute approximate surface area is 159 Å². The number of carbonyl (C=O) groups is 2. The second-order valence-corrected chi connectivity index (χ2v) is 5.99. The molecular weight excluding hydrogens is 344 g/mol. The smallest absolute Gasteiger partial charge is 0.251 e. The fraction of sp³-hybridized carbons (Fsp3) is 0.333. The molecule has 0 aliphatic rings. The molecule has 0 bridgehead atoms. The van der Waals surface area contributed by atoms with Gasteiger partial charge < -0.3 is 20.1 Å². The lowest BCUT2D eigenvalue weighted by atomic mass is 10.0. The summed E-state index contributed by atoms with van der Waals surface area (Å²) in [6.07, 6.45) is 1.64. The number of amides is 2. The molecule has 2 amide bonds. The van der Waals surface area contributed by atoms with Crippen molar-refractivity contribution in [1.29, 1.82) is 0 Å². The number of para-hydroxylation sites is 1. The van der Waals surface area contributed by atoms with Gasteiger partial charge >= 0.3 is 0 Å². The Morgan fingerprint density at radius 1 is 0.926 bits per heavy atom. The number of ether oxygens (including phenoxy) is 2. The maximum Gasteiger partial charge on any atom is 0.251 e. The van der Waals surface area contributed by atoms with Crippen LogP contribution in [0.25, 0.3) is 0 Å². The molecule has 0 atom stereocenters. The highest BCUT2D eigenvalue weighted by Gasteiger charge is 2.13. The maximum absolute atomic E-state index is 12.4. The van der Waals surface area contributed by atoms with Gasteiger partial charge in [0.05, 0.1) is 20.8 Å². The van der Waals surface area contributed by atoms with Gasteiger partial charge in [-0.3, -0.25) is 9.59 Å². The fourth-order valence-corrected chi connectivity index (χ4v) is 2.79. The number of benzene rings is 2. The average Bonchev–Trinajstić information content (AvgIpc) is 2.71. The third-order valence-corrected chi connectivity index (χ3v) is 4.29. The van der Waals surface area contributed by atoms with E-state index < -0.39 is 0 Å². The molecule has 0 heterocycles. The zero-order chi connectivity index (χ0) is 19.8. The Balaban J connectivity index is 2.05. The number of hydrogen-bond acceptors (Lipinski definition) is 4. The molecule has 0 radical (unpaired) electrons. The first-order valence-corrected chi connectivity index (χ1v) is 8.94. The van der Waals surface area contributed by atoms with E-state index in [9.17, 15) is 9.59 Å². The van der Waals surface area contributed by atoms with Crippen LogP contribution < -0.4 is 20.1 Å². The van der Waals surface area contributed by atoms with Crippen LogP contribution in [0.15, 0.2) is 36.4 Å². The quantitative estimate of drug-likeness (QED) is 0.748. The molecule has 2 aromatic rings. The molecule has 0 unspecified atom stereocenters. The van der Waals surface area contributed by atoms with Crippen molar-refractivity contribution in [2.24, 2.45) is 0 Å². The normalized spacial score (nSPS) is 10.2. The minimum Gasteiger partial charge on any atom is -0.497 e. The second kappa shape index (κ2) is 9.62. The highest BCUT2D eigenvalue weighted by molar-refractivity contribution is 6.00. The number of nitrogens with one attached hydrogen (secondary N) is 2. The van der Waals surface area contributed by atoms with Crippen molar-refractivity contribution in [1.82, 2.24) is 5.32 Å². The van der Waals surface area contributed by atoms with Crippen LogP contribution in [0.2, 0.25) is 0 Å². The highest BCUT2D eigenvalue weighted by Crippen LogP contribution is 2.23. The van der Waals surface area contributed by atoms with Gasteiger partial charge in [0, 0.05) is 17.3 Å². The van der Waals surface area contributed by atoms with Crippen LogP contribution >= 0.6 is 0 Å². The molecule has 0 aliphatic heterocycles. The largest absolute Gasteiger partial charge is 0.497 e. The van der Waals surface area contributed by atoms with Gasteiger partial charge in [-0.25, -0.2) is 0 Å². The summed E-state index contributed by atoms with van der Waals surface area (Å²) >= 11 is 0. The van der Waals surface area contributed by atoms with Gasteiger partial charge in [-0.15, -0.1) is 0 Å². The van der Waals surface area contributed by atoms with Gasteiger partial charge in [0.25, 0.3) is 5.91 Å². The molecule has 2 N–H and O–H groups in total. The monoisotopic (exact) mass is 370 g/mol. The predicted octanol–water partition coefficient (Wildman–Crippen LogP) is 3.20. The Hall–Kier alpha value is -3.02. The van der Waals surface area contributed by atoms with Crippen LogP contribution in [0.1, 0.15) is 35.3 Å².